The topological polar surface area (TPSA) is 53.7 Å². The molecule has 0 atom stereocenters. The Kier molecular flexibility index (Phi) is 3.49. The summed E-state index contributed by atoms with van der Waals surface area (Å²) in [5.74, 6) is -0.624. The molecule has 0 saturated carbocycles. The van der Waals surface area contributed by atoms with Gasteiger partial charge in [0, 0.05) is 32.1 Å². The van der Waals surface area contributed by atoms with E-state index < -0.39 is 0 Å². The van der Waals surface area contributed by atoms with Crippen LogP contribution in [-0.4, -0.2) is 39.1 Å². The highest BCUT2D eigenvalue weighted by Gasteiger charge is 2.29. The number of amides is 1. The van der Waals surface area contributed by atoms with Crippen LogP contribution in [0.25, 0.3) is 5.65 Å². The van der Waals surface area contributed by atoms with Crippen LogP contribution >= 0.6 is 15.9 Å². The minimum atomic E-state index is -0.340. The molecule has 2 aromatic heterocycles. The SMILES string of the molecule is CN1c2c(F)cccc2CCN1C(=O)c1cc2ncc(Br)cn2n1. The second-order valence-electron chi connectivity index (χ2n) is 5.55. The number of nitrogens with zero attached hydrogens (tertiary/aromatic N) is 5. The molecule has 8 heteroatoms. The van der Waals surface area contributed by atoms with Gasteiger partial charge in [-0.3, -0.25) is 9.80 Å². The van der Waals surface area contributed by atoms with Gasteiger partial charge in [-0.2, -0.15) is 5.10 Å². The van der Waals surface area contributed by atoms with E-state index in [1.807, 2.05) is 6.07 Å². The van der Waals surface area contributed by atoms with Crippen molar-refractivity contribution in [3.63, 3.8) is 0 Å². The summed E-state index contributed by atoms with van der Waals surface area (Å²) in [6, 6.07) is 6.59. The second-order valence-corrected chi connectivity index (χ2v) is 6.47. The number of anilines is 1. The first-order valence-corrected chi connectivity index (χ1v) is 8.18. The molecule has 6 nitrogen and oxygen atoms in total. The van der Waals surface area contributed by atoms with Crippen LogP contribution in [0.1, 0.15) is 16.1 Å². The fourth-order valence-corrected chi connectivity index (χ4v) is 3.25. The van der Waals surface area contributed by atoms with Gasteiger partial charge in [0.15, 0.2) is 11.3 Å². The summed E-state index contributed by atoms with van der Waals surface area (Å²) in [6.07, 6.45) is 3.97. The highest BCUT2D eigenvalue weighted by atomic mass is 79.9. The van der Waals surface area contributed by atoms with Crippen molar-refractivity contribution < 1.29 is 9.18 Å². The molecule has 1 aromatic carbocycles. The van der Waals surface area contributed by atoms with Crippen LogP contribution in [0, 0.1) is 5.82 Å². The van der Waals surface area contributed by atoms with Crippen LogP contribution in [0.2, 0.25) is 0 Å². The molecule has 0 bridgehead atoms. The molecule has 0 aliphatic carbocycles. The third-order valence-corrected chi connectivity index (χ3v) is 4.49. The Morgan fingerprint density at radius 3 is 3.04 bits per heavy atom. The van der Waals surface area contributed by atoms with Gasteiger partial charge in [0.25, 0.3) is 5.91 Å². The lowest BCUT2D eigenvalue weighted by Gasteiger charge is -2.38. The van der Waals surface area contributed by atoms with Gasteiger partial charge in [-0.25, -0.2) is 18.9 Å². The Balaban J connectivity index is 1.70. The quantitative estimate of drug-likeness (QED) is 0.641. The Bertz CT molecular complexity index is 957. The summed E-state index contributed by atoms with van der Waals surface area (Å²) < 4.78 is 16.5. The van der Waals surface area contributed by atoms with Crippen molar-refractivity contribution in [1.82, 2.24) is 19.6 Å². The Labute approximate surface area is 145 Å². The molecular weight excluding hydrogens is 377 g/mol. The number of halogens is 2. The van der Waals surface area contributed by atoms with Crippen LogP contribution in [0.15, 0.2) is 41.1 Å². The molecule has 3 heterocycles. The number of carbonyl (C=O) groups is 1. The van der Waals surface area contributed by atoms with Gasteiger partial charge in [0.05, 0.1) is 10.2 Å². The van der Waals surface area contributed by atoms with Gasteiger partial charge >= 0.3 is 0 Å². The van der Waals surface area contributed by atoms with Gasteiger partial charge in [0.1, 0.15) is 5.82 Å². The van der Waals surface area contributed by atoms with Crippen LogP contribution in [0.5, 0.6) is 0 Å². The van der Waals surface area contributed by atoms with E-state index in [9.17, 15) is 9.18 Å². The van der Waals surface area contributed by atoms with Gasteiger partial charge in [-0.15, -0.1) is 0 Å². The summed E-state index contributed by atoms with van der Waals surface area (Å²) >= 11 is 3.32. The van der Waals surface area contributed by atoms with E-state index >= 15 is 0 Å². The number of hydrazine groups is 1. The zero-order chi connectivity index (χ0) is 16.8. The molecule has 0 unspecified atom stereocenters. The van der Waals surface area contributed by atoms with Gasteiger partial charge in [0.2, 0.25) is 0 Å². The first-order chi connectivity index (χ1) is 11.5. The van der Waals surface area contributed by atoms with Gasteiger partial charge < -0.3 is 0 Å². The van der Waals surface area contributed by atoms with Crippen LogP contribution in [0.3, 0.4) is 0 Å². The van der Waals surface area contributed by atoms with Gasteiger partial charge in [-0.05, 0) is 34.0 Å². The predicted molar refractivity (Wildman–Crippen MR) is 90.2 cm³/mol. The zero-order valence-electron chi connectivity index (χ0n) is 12.8. The van der Waals surface area contributed by atoms with Crippen molar-refractivity contribution >= 4 is 33.2 Å². The maximum absolute atomic E-state index is 14.2. The standard InChI is InChI=1S/C16H13BrFN5O/c1-21-15-10(3-2-4-12(15)18)5-6-23(21)16(24)13-7-14-19-8-11(17)9-22(14)20-13/h2-4,7-9H,5-6H2,1H3. The van der Waals surface area contributed by atoms with Crippen molar-refractivity contribution in [3.8, 4) is 0 Å². The van der Waals surface area contributed by atoms with E-state index in [0.717, 1.165) is 10.0 Å². The van der Waals surface area contributed by atoms with Crippen LogP contribution < -0.4 is 5.01 Å². The summed E-state index contributed by atoms with van der Waals surface area (Å²) in [5, 5.41) is 7.34. The highest BCUT2D eigenvalue weighted by molar-refractivity contribution is 9.10. The van der Waals surface area contributed by atoms with Crippen LogP contribution in [0.4, 0.5) is 10.1 Å². The van der Waals surface area contributed by atoms with Crippen molar-refractivity contribution in [2.24, 2.45) is 0 Å². The monoisotopic (exact) mass is 389 g/mol. The first-order valence-electron chi connectivity index (χ1n) is 7.38. The molecule has 0 N–H and O–H groups in total. The molecule has 122 valence electrons. The van der Waals surface area contributed by atoms with E-state index in [-0.39, 0.29) is 17.4 Å². The molecule has 0 fully saturated rings. The smallest absolute Gasteiger partial charge is 0.283 e. The van der Waals surface area contributed by atoms with Crippen molar-refractivity contribution in [2.45, 2.75) is 6.42 Å². The van der Waals surface area contributed by atoms with Crippen LogP contribution in [-0.2, 0) is 6.42 Å². The van der Waals surface area contributed by atoms with Crippen molar-refractivity contribution in [1.29, 1.82) is 0 Å². The highest BCUT2D eigenvalue weighted by Crippen LogP contribution is 2.30. The average Bonchev–Trinajstić information content (AvgIpc) is 2.97. The predicted octanol–water partition coefficient (Wildman–Crippen LogP) is 2.68. The van der Waals surface area contributed by atoms with E-state index in [4.69, 9.17) is 0 Å². The summed E-state index contributed by atoms with van der Waals surface area (Å²) in [6.45, 7) is 0.469. The Hall–Kier alpha value is -2.48. The molecule has 1 aliphatic rings. The fraction of sp³-hybridized carbons (Fsp3) is 0.188. The molecule has 0 radical (unpaired) electrons. The molecular formula is C16H13BrFN5O. The van der Waals surface area contributed by atoms with Crippen molar-refractivity contribution in [2.75, 3.05) is 18.6 Å². The number of rotatable bonds is 1. The Morgan fingerprint density at radius 1 is 1.38 bits per heavy atom. The Morgan fingerprint density at radius 2 is 2.21 bits per heavy atom. The minimum Gasteiger partial charge on any atom is -0.283 e. The molecule has 0 spiro atoms. The molecule has 4 rings (SSSR count). The number of fused-ring (bicyclic) bond motifs is 2. The molecule has 1 aliphatic heterocycles. The van der Waals surface area contributed by atoms with Crippen molar-refractivity contribution in [3.05, 3.63) is 58.2 Å². The lowest BCUT2D eigenvalue weighted by Crippen LogP contribution is -2.49. The lowest BCUT2D eigenvalue weighted by atomic mass is 10.1. The average molecular weight is 390 g/mol. The third kappa shape index (κ3) is 2.34. The number of hydrogen-bond donors (Lipinski definition) is 0. The second kappa shape index (κ2) is 5.55. The third-order valence-electron chi connectivity index (χ3n) is 4.08. The minimum absolute atomic E-state index is 0.271. The largest absolute Gasteiger partial charge is 0.292 e. The molecule has 24 heavy (non-hydrogen) atoms. The summed E-state index contributed by atoms with van der Waals surface area (Å²) in [5.41, 5.74) is 2.17. The first kappa shape index (κ1) is 15.1. The normalized spacial score (nSPS) is 14.1. The molecule has 0 saturated heterocycles. The maximum atomic E-state index is 14.2. The number of carbonyl (C=O) groups excluding carboxylic acids is 1. The van der Waals surface area contributed by atoms with E-state index in [1.165, 1.54) is 15.6 Å². The van der Waals surface area contributed by atoms with E-state index in [0.29, 0.717) is 24.3 Å². The fourth-order valence-electron chi connectivity index (χ4n) is 2.95. The zero-order valence-corrected chi connectivity index (χ0v) is 14.4. The number of benzene rings is 1. The van der Waals surface area contributed by atoms with Gasteiger partial charge in [-0.1, -0.05) is 12.1 Å². The molecule has 3 aromatic rings. The number of aromatic nitrogens is 3. The van der Waals surface area contributed by atoms with E-state index in [2.05, 4.69) is 26.0 Å². The lowest BCUT2D eigenvalue weighted by molar-refractivity contribution is 0.0731. The number of para-hydroxylation sites is 1. The summed E-state index contributed by atoms with van der Waals surface area (Å²) in [4.78, 5) is 17.0. The maximum Gasteiger partial charge on any atom is 0.292 e. The van der Waals surface area contributed by atoms with E-state index in [1.54, 1.807) is 36.6 Å². The summed E-state index contributed by atoms with van der Waals surface area (Å²) in [7, 11) is 1.68. The number of hydrogen-bond acceptors (Lipinski definition) is 4. The molecule has 1 amide bonds.